The molecule has 0 bridgehead atoms. The van der Waals surface area contributed by atoms with Crippen LogP contribution in [0.15, 0.2) is 79.1 Å². The number of fused-ring (bicyclic) bond motifs is 4. The molecule has 7 heteroatoms. The summed E-state index contributed by atoms with van der Waals surface area (Å²) in [6.07, 6.45) is 2.76. The van der Waals surface area contributed by atoms with E-state index in [1.807, 2.05) is 42.5 Å². The monoisotopic (exact) mass is 487 g/mol. The van der Waals surface area contributed by atoms with E-state index in [4.69, 9.17) is 0 Å². The molecule has 2 amide bonds. The van der Waals surface area contributed by atoms with Crippen molar-refractivity contribution in [2.75, 3.05) is 22.1 Å². The molecule has 1 aromatic heterocycles. The Balaban J connectivity index is 1.13. The zero-order chi connectivity index (χ0) is 25.1. The van der Waals surface area contributed by atoms with Crippen LogP contribution in [0.3, 0.4) is 0 Å². The Bertz CT molecular complexity index is 1600. The van der Waals surface area contributed by atoms with Crippen LogP contribution in [0.4, 0.5) is 22.9 Å². The highest BCUT2D eigenvalue weighted by molar-refractivity contribution is 6.07. The van der Waals surface area contributed by atoms with E-state index in [1.54, 1.807) is 11.0 Å². The van der Waals surface area contributed by atoms with Gasteiger partial charge in [0.2, 0.25) is 5.91 Å². The van der Waals surface area contributed by atoms with Gasteiger partial charge in [0, 0.05) is 35.6 Å². The van der Waals surface area contributed by atoms with Crippen molar-refractivity contribution in [2.45, 2.75) is 31.1 Å². The van der Waals surface area contributed by atoms with Crippen molar-refractivity contribution in [3.63, 3.8) is 0 Å². The van der Waals surface area contributed by atoms with E-state index < -0.39 is 5.41 Å². The van der Waals surface area contributed by atoms with Crippen LogP contribution in [0.25, 0.3) is 0 Å². The number of carbonyl (C=O) groups excluding carboxylic acids is 2. The quantitative estimate of drug-likeness (QED) is 0.426. The molecule has 7 rings (SSSR count). The van der Waals surface area contributed by atoms with Crippen LogP contribution in [-0.4, -0.2) is 28.3 Å². The van der Waals surface area contributed by atoms with Crippen molar-refractivity contribution in [2.24, 2.45) is 0 Å². The molecule has 182 valence electrons. The lowest BCUT2D eigenvalue weighted by Gasteiger charge is -2.20. The van der Waals surface area contributed by atoms with E-state index in [2.05, 4.69) is 51.8 Å². The fourth-order valence-electron chi connectivity index (χ4n) is 6.12. The first-order chi connectivity index (χ1) is 18.0. The number of anilines is 4. The summed E-state index contributed by atoms with van der Waals surface area (Å²) in [5.41, 5.74) is 7.09. The molecule has 7 nitrogen and oxygen atoms in total. The molecular weight excluding hydrogens is 462 g/mol. The van der Waals surface area contributed by atoms with Gasteiger partial charge in [-0.1, -0.05) is 49.4 Å². The topological polar surface area (TPSA) is 87.2 Å². The molecule has 0 saturated heterocycles. The lowest BCUT2D eigenvalue weighted by atomic mass is 9.79. The summed E-state index contributed by atoms with van der Waals surface area (Å²) < 4.78 is 0. The maximum absolute atomic E-state index is 13.4. The third-order valence-corrected chi connectivity index (χ3v) is 7.93. The summed E-state index contributed by atoms with van der Waals surface area (Å²) in [6, 6.07) is 23.8. The van der Waals surface area contributed by atoms with Crippen LogP contribution in [-0.2, 0) is 23.1 Å². The van der Waals surface area contributed by atoms with Gasteiger partial charge < -0.3 is 15.5 Å². The van der Waals surface area contributed by atoms with Gasteiger partial charge in [0.25, 0.3) is 5.91 Å². The second-order valence-corrected chi connectivity index (χ2v) is 10.2. The highest BCUT2D eigenvalue weighted by atomic mass is 16.2. The first kappa shape index (κ1) is 21.7. The minimum absolute atomic E-state index is 0.0659. The Labute approximate surface area is 214 Å². The molecule has 1 spiro atoms. The molecular formula is C30H25N5O2. The van der Waals surface area contributed by atoms with Gasteiger partial charge in [0.15, 0.2) is 0 Å². The SMILES string of the molecule is CC1CN(C(=O)c2cc(Nc3ccc4c(c3)CC3(C4)C(=O)Nc4ccccc43)ncn2)c2ccccc21. The van der Waals surface area contributed by atoms with Crippen molar-refractivity contribution >= 4 is 34.7 Å². The van der Waals surface area contributed by atoms with Crippen LogP contribution in [0.5, 0.6) is 0 Å². The average molecular weight is 488 g/mol. The number of benzene rings is 3. The number of amides is 2. The van der Waals surface area contributed by atoms with Crippen LogP contribution in [0, 0.1) is 0 Å². The van der Waals surface area contributed by atoms with Crippen LogP contribution in [0.2, 0.25) is 0 Å². The largest absolute Gasteiger partial charge is 0.340 e. The van der Waals surface area contributed by atoms with E-state index in [0.29, 0.717) is 30.9 Å². The zero-order valence-electron chi connectivity index (χ0n) is 20.4. The smallest absolute Gasteiger partial charge is 0.277 e. The third kappa shape index (κ3) is 3.34. The molecule has 37 heavy (non-hydrogen) atoms. The number of hydrogen-bond donors (Lipinski definition) is 2. The molecule has 3 aliphatic rings. The fourth-order valence-corrected chi connectivity index (χ4v) is 6.12. The first-order valence-electron chi connectivity index (χ1n) is 12.5. The summed E-state index contributed by atoms with van der Waals surface area (Å²) in [7, 11) is 0. The summed E-state index contributed by atoms with van der Waals surface area (Å²) in [5, 5.41) is 6.40. The van der Waals surface area contributed by atoms with Gasteiger partial charge in [-0.05, 0) is 59.4 Å². The fraction of sp³-hybridized carbons (Fsp3) is 0.200. The maximum Gasteiger partial charge on any atom is 0.277 e. The van der Waals surface area contributed by atoms with Crippen LogP contribution in [0.1, 0.15) is 45.6 Å². The van der Waals surface area contributed by atoms with E-state index >= 15 is 0 Å². The van der Waals surface area contributed by atoms with Gasteiger partial charge in [0.1, 0.15) is 17.8 Å². The number of nitrogens with one attached hydrogen (secondary N) is 2. The molecule has 0 fully saturated rings. The first-order valence-corrected chi connectivity index (χ1v) is 12.5. The van der Waals surface area contributed by atoms with Crippen molar-refractivity contribution in [3.8, 4) is 0 Å². The van der Waals surface area contributed by atoms with Gasteiger partial charge in [-0.2, -0.15) is 0 Å². The summed E-state index contributed by atoms with van der Waals surface area (Å²) in [5.74, 6) is 0.763. The second-order valence-electron chi connectivity index (χ2n) is 10.2. The molecule has 2 aliphatic heterocycles. The number of aromatic nitrogens is 2. The normalized spacial score (nSPS) is 20.9. The third-order valence-electron chi connectivity index (χ3n) is 7.93. The van der Waals surface area contributed by atoms with Gasteiger partial charge in [-0.25, -0.2) is 9.97 Å². The number of rotatable bonds is 3. The minimum Gasteiger partial charge on any atom is -0.340 e. The van der Waals surface area contributed by atoms with Crippen LogP contribution >= 0.6 is 0 Å². The second kappa shape index (κ2) is 8.00. The Kier molecular flexibility index (Phi) is 4.70. The molecule has 1 aliphatic carbocycles. The lowest BCUT2D eigenvalue weighted by molar-refractivity contribution is -0.120. The summed E-state index contributed by atoms with van der Waals surface area (Å²) in [4.78, 5) is 36.8. The summed E-state index contributed by atoms with van der Waals surface area (Å²) in [6.45, 7) is 2.76. The predicted molar refractivity (Wildman–Crippen MR) is 142 cm³/mol. The standard InChI is InChI=1S/C30H25N5O2/c1-18-16-35(26-9-5-2-6-22(18)26)28(36)25-13-27(32-17-31-25)33-21-11-10-19-14-30(15-20(19)12-21)23-7-3-4-8-24(23)34-29(30)37/h2-13,17-18H,14-16H2,1H3,(H,34,37)(H,31,32,33). The minimum atomic E-state index is -0.546. The Morgan fingerprint density at radius 1 is 1.00 bits per heavy atom. The van der Waals surface area contributed by atoms with Crippen molar-refractivity contribution in [3.05, 3.63) is 107 Å². The number of carbonyl (C=O) groups is 2. The van der Waals surface area contributed by atoms with E-state index in [-0.39, 0.29) is 17.7 Å². The van der Waals surface area contributed by atoms with Gasteiger partial charge in [-0.15, -0.1) is 0 Å². The number of para-hydroxylation sites is 2. The maximum atomic E-state index is 13.4. The Morgan fingerprint density at radius 2 is 1.81 bits per heavy atom. The molecule has 3 heterocycles. The van der Waals surface area contributed by atoms with Crippen molar-refractivity contribution < 1.29 is 9.59 Å². The highest BCUT2D eigenvalue weighted by Crippen LogP contribution is 2.47. The predicted octanol–water partition coefficient (Wildman–Crippen LogP) is 4.97. The molecule has 0 radical (unpaired) electrons. The molecule has 3 aromatic carbocycles. The lowest BCUT2D eigenvalue weighted by Crippen LogP contribution is -2.35. The Morgan fingerprint density at radius 3 is 2.73 bits per heavy atom. The van der Waals surface area contributed by atoms with Crippen LogP contribution < -0.4 is 15.5 Å². The van der Waals surface area contributed by atoms with Crippen molar-refractivity contribution in [1.29, 1.82) is 0 Å². The molecule has 4 aromatic rings. The van der Waals surface area contributed by atoms with E-state index in [9.17, 15) is 9.59 Å². The molecule has 0 saturated carbocycles. The van der Waals surface area contributed by atoms with Crippen molar-refractivity contribution in [1.82, 2.24) is 9.97 Å². The number of hydrogen-bond acceptors (Lipinski definition) is 5. The Hall–Kier alpha value is -4.52. The van der Waals surface area contributed by atoms with Gasteiger partial charge in [-0.3, -0.25) is 9.59 Å². The highest BCUT2D eigenvalue weighted by Gasteiger charge is 2.50. The van der Waals surface area contributed by atoms with Gasteiger partial charge >= 0.3 is 0 Å². The zero-order valence-corrected chi connectivity index (χ0v) is 20.4. The average Bonchev–Trinajstić information content (AvgIpc) is 3.55. The van der Waals surface area contributed by atoms with Gasteiger partial charge in [0.05, 0.1) is 5.41 Å². The molecule has 2 N–H and O–H groups in total. The molecule has 2 unspecified atom stereocenters. The van der Waals surface area contributed by atoms with E-state index in [1.165, 1.54) is 17.5 Å². The van der Waals surface area contributed by atoms with E-state index in [0.717, 1.165) is 28.2 Å². The molecule has 2 atom stereocenters. The number of nitrogens with zero attached hydrogens (tertiary/aromatic N) is 3. The summed E-state index contributed by atoms with van der Waals surface area (Å²) >= 11 is 0.